The van der Waals surface area contributed by atoms with Gasteiger partial charge in [0.2, 0.25) is 0 Å². The van der Waals surface area contributed by atoms with Crippen LogP contribution in [0.5, 0.6) is 0 Å². The number of anilines is 1. The first-order chi connectivity index (χ1) is 9.60. The van der Waals surface area contributed by atoms with Crippen LogP contribution < -0.4 is 10.6 Å². The lowest BCUT2D eigenvalue weighted by atomic mass is 9.98. The Morgan fingerprint density at radius 1 is 1.50 bits per heavy atom. The molecule has 1 atom stereocenters. The van der Waals surface area contributed by atoms with E-state index in [1.54, 1.807) is 6.07 Å². The van der Waals surface area contributed by atoms with Crippen molar-refractivity contribution in [3.05, 3.63) is 28.8 Å². The number of benzene rings is 1. The molecule has 5 heteroatoms. The van der Waals surface area contributed by atoms with E-state index in [4.69, 9.17) is 11.6 Å². The van der Waals surface area contributed by atoms with E-state index in [1.807, 2.05) is 31.0 Å². The molecule has 1 aliphatic heterocycles. The van der Waals surface area contributed by atoms with Crippen LogP contribution in [-0.2, 0) is 0 Å². The van der Waals surface area contributed by atoms with Gasteiger partial charge in [-0.1, -0.05) is 17.7 Å². The second-order valence-corrected chi connectivity index (χ2v) is 5.81. The third-order valence-corrected chi connectivity index (χ3v) is 4.13. The van der Waals surface area contributed by atoms with Crippen LogP contribution in [0.4, 0.5) is 10.5 Å². The molecule has 0 spiro atoms. The van der Waals surface area contributed by atoms with E-state index in [0.29, 0.717) is 10.9 Å². The molecule has 1 unspecified atom stereocenters. The number of piperidine rings is 1. The number of nitrogens with one attached hydrogen (secondary N) is 2. The lowest BCUT2D eigenvalue weighted by Crippen LogP contribution is -2.44. The summed E-state index contributed by atoms with van der Waals surface area (Å²) < 4.78 is 0. The third-order valence-electron chi connectivity index (χ3n) is 3.72. The number of carbonyl (C=O) groups is 1. The van der Waals surface area contributed by atoms with Crippen LogP contribution in [-0.4, -0.2) is 37.6 Å². The largest absolute Gasteiger partial charge is 0.324 e. The van der Waals surface area contributed by atoms with Crippen molar-refractivity contribution < 1.29 is 4.79 Å². The van der Waals surface area contributed by atoms with Gasteiger partial charge in [-0.25, -0.2) is 4.79 Å². The van der Waals surface area contributed by atoms with Crippen molar-refractivity contribution in [3.63, 3.8) is 0 Å². The predicted octanol–water partition coefficient (Wildman–Crippen LogP) is 3.11. The minimum atomic E-state index is -0.0364. The molecule has 2 rings (SSSR count). The molecule has 1 aromatic carbocycles. The van der Waals surface area contributed by atoms with Crippen molar-refractivity contribution in [1.29, 1.82) is 0 Å². The van der Waals surface area contributed by atoms with E-state index in [1.165, 1.54) is 6.42 Å². The number of likely N-dealkylation sites (tertiary alicyclic amines) is 1. The Morgan fingerprint density at radius 2 is 2.30 bits per heavy atom. The molecule has 1 aromatic rings. The number of amides is 2. The Bertz CT molecular complexity index is 476. The van der Waals surface area contributed by atoms with Gasteiger partial charge < -0.3 is 15.5 Å². The van der Waals surface area contributed by atoms with Gasteiger partial charge in [-0.3, -0.25) is 0 Å². The summed E-state index contributed by atoms with van der Waals surface area (Å²) in [6, 6.07) is 5.56. The minimum absolute atomic E-state index is 0.0364. The Morgan fingerprint density at radius 3 is 3.00 bits per heavy atom. The summed E-state index contributed by atoms with van der Waals surface area (Å²) >= 11 is 6.07. The number of rotatable bonds is 3. The molecule has 1 heterocycles. The van der Waals surface area contributed by atoms with E-state index < -0.39 is 0 Å². The molecular formula is C15H22ClN3O. The van der Waals surface area contributed by atoms with E-state index in [0.717, 1.165) is 37.3 Å². The van der Waals surface area contributed by atoms with Crippen molar-refractivity contribution in [2.24, 2.45) is 5.92 Å². The van der Waals surface area contributed by atoms with E-state index >= 15 is 0 Å². The Balaban J connectivity index is 1.95. The number of halogens is 1. The summed E-state index contributed by atoms with van der Waals surface area (Å²) in [6.07, 6.45) is 2.25. The maximum absolute atomic E-state index is 12.3. The van der Waals surface area contributed by atoms with Gasteiger partial charge in [-0.05, 0) is 57.0 Å². The maximum atomic E-state index is 12.3. The SMILES string of the molecule is CNCC1CCCN(C(=O)Nc2ccc(C)c(Cl)c2)C1. The highest BCUT2D eigenvalue weighted by Crippen LogP contribution is 2.21. The molecule has 110 valence electrons. The van der Waals surface area contributed by atoms with Crippen molar-refractivity contribution in [2.45, 2.75) is 19.8 Å². The van der Waals surface area contributed by atoms with Gasteiger partial charge in [0.05, 0.1) is 0 Å². The highest BCUT2D eigenvalue weighted by molar-refractivity contribution is 6.31. The second kappa shape index (κ2) is 6.95. The number of nitrogens with zero attached hydrogens (tertiary/aromatic N) is 1. The summed E-state index contributed by atoms with van der Waals surface area (Å²) in [4.78, 5) is 14.2. The lowest BCUT2D eigenvalue weighted by Gasteiger charge is -2.32. The van der Waals surface area contributed by atoms with E-state index in [2.05, 4.69) is 10.6 Å². The van der Waals surface area contributed by atoms with Gasteiger partial charge in [0.15, 0.2) is 0 Å². The first-order valence-corrected chi connectivity index (χ1v) is 7.44. The van der Waals surface area contributed by atoms with E-state index in [-0.39, 0.29) is 6.03 Å². The average molecular weight is 296 g/mol. The van der Waals surface area contributed by atoms with Gasteiger partial charge in [0.1, 0.15) is 0 Å². The van der Waals surface area contributed by atoms with Gasteiger partial charge in [-0.2, -0.15) is 0 Å². The second-order valence-electron chi connectivity index (χ2n) is 5.41. The average Bonchev–Trinajstić information content (AvgIpc) is 2.43. The summed E-state index contributed by atoms with van der Waals surface area (Å²) in [7, 11) is 1.95. The standard InChI is InChI=1S/C15H22ClN3O/c1-11-5-6-13(8-14(11)16)18-15(20)19-7-3-4-12(10-19)9-17-2/h5-6,8,12,17H,3-4,7,9-10H2,1-2H3,(H,18,20). The van der Waals surface area contributed by atoms with Crippen LogP contribution in [0.15, 0.2) is 18.2 Å². The Kier molecular flexibility index (Phi) is 5.26. The lowest BCUT2D eigenvalue weighted by molar-refractivity contribution is 0.177. The van der Waals surface area contributed by atoms with Crippen LogP contribution in [0.1, 0.15) is 18.4 Å². The molecule has 1 fully saturated rings. The van der Waals surface area contributed by atoms with Crippen LogP contribution in [0, 0.1) is 12.8 Å². The predicted molar refractivity (Wildman–Crippen MR) is 83.4 cm³/mol. The van der Waals surface area contributed by atoms with Crippen LogP contribution in [0.2, 0.25) is 5.02 Å². The van der Waals surface area contributed by atoms with Crippen LogP contribution in [0.3, 0.4) is 0 Å². The smallest absolute Gasteiger partial charge is 0.321 e. The summed E-state index contributed by atoms with van der Waals surface area (Å²) in [5.41, 5.74) is 1.76. The van der Waals surface area contributed by atoms with E-state index in [9.17, 15) is 4.79 Å². The molecule has 0 aromatic heterocycles. The molecule has 2 N–H and O–H groups in total. The monoisotopic (exact) mass is 295 g/mol. The number of urea groups is 1. The summed E-state index contributed by atoms with van der Waals surface area (Å²) in [6.45, 7) is 4.54. The number of hydrogen-bond acceptors (Lipinski definition) is 2. The third kappa shape index (κ3) is 3.87. The first-order valence-electron chi connectivity index (χ1n) is 7.07. The molecule has 20 heavy (non-hydrogen) atoms. The molecule has 2 amide bonds. The molecule has 0 aliphatic carbocycles. The molecule has 1 saturated heterocycles. The molecule has 0 radical (unpaired) electrons. The fourth-order valence-electron chi connectivity index (χ4n) is 2.58. The van der Waals surface area contributed by atoms with Gasteiger partial charge >= 0.3 is 6.03 Å². The topological polar surface area (TPSA) is 44.4 Å². The van der Waals surface area contributed by atoms with Gasteiger partial charge in [0, 0.05) is 23.8 Å². The van der Waals surface area contributed by atoms with Crippen molar-refractivity contribution in [3.8, 4) is 0 Å². The molecule has 1 aliphatic rings. The first kappa shape index (κ1) is 15.1. The Hall–Kier alpha value is -1.26. The fraction of sp³-hybridized carbons (Fsp3) is 0.533. The molecule has 4 nitrogen and oxygen atoms in total. The number of aryl methyl sites for hydroxylation is 1. The fourth-order valence-corrected chi connectivity index (χ4v) is 2.76. The number of hydrogen-bond donors (Lipinski definition) is 2. The van der Waals surface area contributed by atoms with Crippen LogP contribution in [0.25, 0.3) is 0 Å². The Labute approximate surface area is 125 Å². The summed E-state index contributed by atoms with van der Waals surface area (Å²) in [5, 5.41) is 6.78. The summed E-state index contributed by atoms with van der Waals surface area (Å²) in [5.74, 6) is 0.543. The highest BCUT2D eigenvalue weighted by atomic mass is 35.5. The van der Waals surface area contributed by atoms with Crippen molar-refractivity contribution in [2.75, 3.05) is 32.0 Å². The zero-order chi connectivity index (χ0) is 14.5. The molecule has 0 bridgehead atoms. The van der Waals surface area contributed by atoms with Gasteiger partial charge in [0.25, 0.3) is 0 Å². The molecule has 0 saturated carbocycles. The van der Waals surface area contributed by atoms with Crippen molar-refractivity contribution in [1.82, 2.24) is 10.2 Å². The zero-order valence-electron chi connectivity index (χ0n) is 12.1. The van der Waals surface area contributed by atoms with Crippen LogP contribution >= 0.6 is 11.6 Å². The normalized spacial score (nSPS) is 18.9. The maximum Gasteiger partial charge on any atom is 0.321 e. The minimum Gasteiger partial charge on any atom is -0.324 e. The highest BCUT2D eigenvalue weighted by Gasteiger charge is 2.23. The number of carbonyl (C=O) groups excluding carboxylic acids is 1. The van der Waals surface area contributed by atoms with Crippen molar-refractivity contribution >= 4 is 23.3 Å². The quantitative estimate of drug-likeness (QED) is 0.900. The van der Waals surface area contributed by atoms with Gasteiger partial charge in [-0.15, -0.1) is 0 Å². The zero-order valence-corrected chi connectivity index (χ0v) is 12.8. The molecular weight excluding hydrogens is 274 g/mol.